The topological polar surface area (TPSA) is 72.8 Å². The second-order valence-electron chi connectivity index (χ2n) is 10.1. The van der Waals surface area contributed by atoms with E-state index in [2.05, 4.69) is 19.2 Å². The fourth-order valence-electron chi connectivity index (χ4n) is 5.28. The van der Waals surface area contributed by atoms with E-state index in [0.717, 1.165) is 43.0 Å². The van der Waals surface area contributed by atoms with Crippen LogP contribution in [0.1, 0.15) is 69.8 Å². The Hall–Kier alpha value is -2.70. The largest absolute Gasteiger partial charge is 0.496 e. The minimum Gasteiger partial charge on any atom is -0.496 e. The third kappa shape index (κ3) is 4.18. The van der Waals surface area contributed by atoms with E-state index in [-0.39, 0.29) is 17.9 Å². The van der Waals surface area contributed by atoms with E-state index in [1.807, 2.05) is 29.7 Å². The lowest BCUT2D eigenvalue weighted by Crippen LogP contribution is -2.65. The zero-order valence-electron chi connectivity index (χ0n) is 20.6. The van der Waals surface area contributed by atoms with Crippen LogP contribution in [0.15, 0.2) is 18.2 Å². The Labute approximate surface area is 196 Å². The molecular formula is C26H37N3O4. The van der Waals surface area contributed by atoms with Gasteiger partial charge in [0.2, 0.25) is 5.91 Å². The summed E-state index contributed by atoms with van der Waals surface area (Å²) in [5.41, 5.74) is 0.371. The average molecular weight is 456 g/mol. The average Bonchev–Trinajstić information content (AvgIpc) is 3.18. The second kappa shape index (κ2) is 9.27. The van der Waals surface area contributed by atoms with Gasteiger partial charge in [0.15, 0.2) is 0 Å². The van der Waals surface area contributed by atoms with Crippen LogP contribution in [0.3, 0.4) is 0 Å². The molecule has 4 rings (SSSR count). The van der Waals surface area contributed by atoms with Crippen molar-refractivity contribution in [3.8, 4) is 11.5 Å². The lowest BCUT2D eigenvalue weighted by Gasteiger charge is -2.45. The summed E-state index contributed by atoms with van der Waals surface area (Å²) in [5, 5.41) is 4.11. The lowest BCUT2D eigenvalue weighted by atomic mass is 9.91. The summed E-state index contributed by atoms with van der Waals surface area (Å²) in [7, 11) is 3.24. The van der Waals surface area contributed by atoms with E-state index >= 15 is 0 Å². The van der Waals surface area contributed by atoms with E-state index in [4.69, 9.17) is 9.47 Å². The van der Waals surface area contributed by atoms with Gasteiger partial charge in [0.25, 0.3) is 5.91 Å². The van der Waals surface area contributed by atoms with Crippen molar-refractivity contribution < 1.29 is 19.1 Å². The highest BCUT2D eigenvalue weighted by Crippen LogP contribution is 2.40. The number of nitrogens with one attached hydrogen (secondary N) is 1. The molecule has 0 radical (unpaired) electrons. The van der Waals surface area contributed by atoms with Crippen molar-refractivity contribution >= 4 is 22.7 Å². The molecule has 1 aromatic heterocycles. The van der Waals surface area contributed by atoms with Crippen LogP contribution in [-0.2, 0) is 11.3 Å². The molecule has 7 nitrogen and oxygen atoms in total. The molecular weight excluding hydrogens is 418 g/mol. The van der Waals surface area contributed by atoms with Gasteiger partial charge in [-0.3, -0.25) is 9.59 Å². The van der Waals surface area contributed by atoms with Crippen molar-refractivity contribution in [2.75, 3.05) is 20.8 Å². The van der Waals surface area contributed by atoms with E-state index < -0.39 is 5.54 Å². The Bertz CT molecular complexity index is 1040. The highest BCUT2D eigenvalue weighted by Gasteiger charge is 2.48. The Morgan fingerprint density at radius 1 is 1.15 bits per heavy atom. The molecule has 7 heteroatoms. The molecule has 33 heavy (non-hydrogen) atoms. The Morgan fingerprint density at radius 2 is 1.82 bits per heavy atom. The third-order valence-electron chi connectivity index (χ3n) is 7.31. The maximum atomic E-state index is 13.9. The number of benzene rings is 1. The molecule has 1 atom stereocenters. The van der Waals surface area contributed by atoms with Crippen molar-refractivity contribution in [1.82, 2.24) is 14.8 Å². The SMILES string of the molecule is COc1ccc(OC)c2c1cc1n2C[C@@](C)(C(=O)NC2CCCCC2)N(CCC(C)C)C1=O. The molecule has 2 aromatic rings. The van der Waals surface area contributed by atoms with Crippen molar-refractivity contribution in [1.29, 1.82) is 0 Å². The predicted octanol–water partition coefficient (Wildman–Crippen LogP) is 4.37. The number of hydrogen-bond donors (Lipinski definition) is 1. The summed E-state index contributed by atoms with van der Waals surface area (Å²) in [5.74, 6) is 1.58. The highest BCUT2D eigenvalue weighted by atomic mass is 16.5. The molecule has 1 aliphatic heterocycles. The minimum absolute atomic E-state index is 0.0686. The highest BCUT2D eigenvalue weighted by molar-refractivity contribution is 6.05. The molecule has 0 saturated heterocycles. The van der Waals surface area contributed by atoms with Gasteiger partial charge >= 0.3 is 0 Å². The summed E-state index contributed by atoms with van der Waals surface area (Å²) in [6.07, 6.45) is 6.35. The Morgan fingerprint density at radius 3 is 2.45 bits per heavy atom. The van der Waals surface area contributed by atoms with Gasteiger partial charge in [0.05, 0.1) is 26.3 Å². The molecule has 0 unspecified atom stereocenters. The maximum absolute atomic E-state index is 13.9. The number of amides is 2. The summed E-state index contributed by atoms with van der Waals surface area (Å²) in [6.45, 7) is 7.10. The van der Waals surface area contributed by atoms with Crippen molar-refractivity contribution in [2.24, 2.45) is 5.92 Å². The zero-order chi connectivity index (χ0) is 23.8. The molecule has 1 saturated carbocycles. The summed E-state index contributed by atoms with van der Waals surface area (Å²) in [6, 6.07) is 5.76. The fraction of sp³-hybridized carbons (Fsp3) is 0.615. The van der Waals surface area contributed by atoms with Crippen LogP contribution in [0.4, 0.5) is 0 Å². The number of rotatable bonds is 7. The molecule has 0 spiro atoms. The number of methoxy groups -OCH3 is 2. The monoisotopic (exact) mass is 455 g/mol. The molecule has 1 aliphatic carbocycles. The quantitative estimate of drug-likeness (QED) is 0.673. The van der Waals surface area contributed by atoms with Crippen LogP contribution in [0.5, 0.6) is 11.5 Å². The normalized spacial score (nSPS) is 21.4. The fourth-order valence-corrected chi connectivity index (χ4v) is 5.28. The van der Waals surface area contributed by atoms with E-state index in [0.29, 0.717) is 36.2 Å². The van der Waals surface area contributed by atoms with Crippen LogP contribution in [-0.4, -0.2) is 53.6 Å². The first-order valence-corrected chi connectivity index (χ1v) is 12.2. The molecule has 2 aliphatic rings. The predicted molar refractivity (Wildman–Crippen MR) is 129 cm³/mol. The van der Waals surface area contributed by atoms with Crippen LogP contribution in [0.25, 0.3) is 10.9 Å². The molecule has 2 heterocycles. The third-order valence-corrected chi connectivity index (χ3v) is 7.31. The number of nitrogens with zero attached hydrogens (tertiary/aromatic N) is 2. The first-order chi connectivity index (χ1) is 15.8. The second-order valence-corrected chi connectivity index (χ2v) is 10.1. The minimum atomic E-state index is -0.990. The van der Waals surface area contributed by atoms with Crippen LogP contribution in [0.2, 0.25) is 0 Å². The number of hydrogen-bond acceptors (Lipinski definition) is 4. The van der Waals surface area contributed by atoms with Gasteiger partial charge in [0, 0.05) is 18.0 Å². The molecule has 180 valence electrons. The van der Waals surface area contributed by atoms with Crippen LogP contribution < -0.4 is 14.8 Å². The molecule has 1 fully saturated rings. The van der Waals surface area contributed by atoms with E-state index in [1.165, 1.54) is 6.42 Å². The Balaban J connectivity index is 1.79. The lowest BCUT2D eigenvalue weighted by molar-refractivity contribution is -0.133. The smallest absolute Gasteiger partial charge is 0.271 e. The van der Waals surface area contributed by atoms with Crippen molar-refractivity contribution in [2.45, 2.75) is 77.4 Å². The van der Waals surface area contributed by atoms with Gasteiger partial charge in [-0.15, -0.1) is 0 Å². The number of ether oxygens (including phenoxy) is 2. The van der Waals surface area contributed by atoms with Gasteiger partial charge < -0.3 is 24.3 Å². The van der Waals surface area contributed by atoms with E-state index in [1.54, 1.807) is 19.1 Å². The Kier molecular flexibility index (Phi) is 6.59. The van der Waals surface area contributed by atoms with Gasteiger partial charge in [-0.05, 0) is 50.3 Å². The summed E-state index contributed by atoms with van der Waals surface area (Å²) in [4.78, 5) is 29.4. The number of fused-ring (bicyclic) bond motifs is 3. The zero-order valence-corrected chi connectivity index (χ0v) is 20.6. The van der Waals surface area contributed by atoms with Gasteiger partial charge in [-0.1, -0.05) is 33.1 Å². The van der Waals surface area contributed by atoms with E-state index in [9.17, 15) is 9.59 Å². The van der Waals surface area contributed by atoms with Crippen LogP contribution in [0, 0.1) is 5.92 Å². The summed E-state index contributed by atoms with van der Waals surface area (Å²) < 4.78 is 13.2. The van der Waals surface area contributed by atoms with Crippen molar-refractivity contribution in [3.05, 3.63) is 23.9 Å². The first-order valence-electron chi connectivity index (χ1n) is 12.2. The van der Waals surface area contributed by atoms with Gasteiger partial charge in [-0.2, -0.15) is 0 Å². The molecule has 2 amide bonds. The standard InChI is InChI=1S/C26H37N3O4/c1-17(2)13-14-29-24(30)20-15-19-21(32-4)11-12-22(33-5)23(19)28(20)16-26(29,3)25(31)27-18-9-7-6-8-10-18/h11-12,15,17-18H,6-10,13-14,16H2,1-5H3,(H,27,31)/t26-/m0/s1. The van der Waals surface area contributed by atoms with Crippen molar-refractivity contribution in [3.63, 3.8) is 0 Å². The van der Waals surface area contributed by atoms with Gasteiger partial charge in [0.1, 0.15) is 22.7 Å². The molecule has 0 bridgehead atoms. The maximum Gasteiger partial charge on any atom is 0.271 e. The molecule has 1 N–H and O–H groups in total. The number of carbonyl (C=O) groups is 2. The van der Waals surface area contributed by atoms with Gasteiger partial charge in [-0.25, -0.2) is 0 Å². The number of carbonyl (C=O) groups excluding carboxylic acids is 2. The molecule has 1 aromatic carbocycles. The van der Waals surface area contributed by atoms with Crippen LogP contribution >= 0.6 is 0 Å². The first kappa shape index (κ1) is 23.5. The number of aromatic nitrogens is 1. The summed E-state index contributed by atoms with van der Waals surface area (Å²) >= 11 is 0.